The second kappa shape index (κ2) is 10.9. The van der Waals surface area contributed by atoms with Crippen molar-refractivity contribution < 1.29 is 4.39 Å². The average molecular weight is 387 g/mol. The summed E-state index contributed by atoms with van der Waals surface area (Å²) in [7, 11) is 0. The van der Waals surface area contributed by atoms with Crippen molar-refractivity contribution in [2.24, 2.45) is 11.8 Å². The van der Waals surface area contributed by atoms with Gasteiger partial charge in [0.1, 0.15) is 5.82 Å². The molecule has 0 aromatic heterocycles. The van der Waals surface area contributed by atoms with Gasteiger partial charge in [-0.15, -0.1) is 5.92 Å². The summed E-state index contributed by atoms with van der Waals surface area (Å²) in [5, 5.41) is 0. The van der Waals surface area contributed by atoms with Crippen molar-refractivity contribution in [3.63, 3.8) is 0 Å². The summed E-state index contributed by atoms with van der Waals surface area (Å²) in [5.74, 6) is 13.4. The summed E-state index contributed by atoms with van der Waals surface area (Å²) in [6, 6.07) is 13.3. The van der Waals surface area contributed by atoms with E-state index in [2.05, 4.69) is 30.6 Å². The molecule has 0 unspecified atom stereocenters. The Labute approximate surface area is 175 Å². The van der Waals surface area contributed by atoms with Crippen molar-refractivity contribution >= 4 is 0 Å². The zero-order valence-electron chi connectivity index (χ0n) is 17.7. The average Bonchev–Trinajstić information content (AvgIpc) is 2.74. The molecule has 0 bridgehead atoms. The molecule has 0 atom stereocenters. The summed E-state index contributed by atoms with van der Waals surface area (Å²) in [4.78, 5) is 0. The van der Waals surface area contributed by atoms with Gasteiger partial charge in [-0.3, -0.25) is 0 Å². The van der Waals surface area contributed by atoms with E-state index < -0.39 is 0 Å². The van der Waals surface area contributed by atoms with Crippen LogP contribution in [0, 0.1) is 41.3 Å². The highest BCUT2D eigenvalue weighted by atomic mass is 19.1. The molecule has 1 aliphatic rings. The van der Waals surface area contributed by atoms with E-state index in [0.717, 1.165) is 34.9 Å². The van der Waals surface area contributed by atoms with Gasteiger partial charge in [0.15, 0.2) is 0 Å². The fourth-order valence-electron chi connectivity index (χ4n) is 4.32. The Bertz CT molecular complexity index is 907. The predicted octanol–water partition coefficient (Wildman–Crippen LogP) is 7.14. The van der Waals surface area contributed by atoms with Gasteiger partial charge in [0, 0.05) is 11.1 Å². The Kier molecular flexibility index (Phi) is 7.95. The smallest absolute Gasteiger partial charge is 0.139 e. The fraction of sp³-hybridized carbons (Fsp3) is 0.429. The Morgan fingerprint density at radius 2 is 1.45 bits per heavy atom. The van der Waals surface area contributed by atoms with Gasteiger partial charge < -0.3 is 0 Å². The van der Waals surface area contributed by atoms with Crippen LogP contribution in [0.25, 0.3) is 0 Å². The van der Waals surface area contributed by atoms with Gasteiger partial charge >= 0.3 is 0 Å². The first-order chi connectivity index (χ1) is 14.2. The summed E-state index contributed by atoms with van der Waals surface area (Å²) in [5.41, 5.74) is 3.39. The summed E-state index contributed by atoms with van der Waals surface area (Å²) < 4.78 is 14.5. The zero-order valence-corrected chi connectivity index (χ0v) is 17.7. The number of halogens is 1. The molecule has 0 heterocycles. The fourth-order valence-corrected chi connectivity index (χ4v) is 4.32. The number of benzene rings is 2. The largest absolute Gasteiger partial charge is 0.206 e. The van der Waals surface area contributed by atoms with Crippen LogP contribution in [0.1, 0.15) is 81.0 Å². The van der Waals surface area contributed by atoms with Crippen molar-refractivity contribution in [1.82, 2.24) is 0 Å². The Balaban J connectivity index is 1.54. The van der Waals surface area contributed by atoms with Crippen LogP contribution in [-0.4, -0.2) is 0 Å². The monoisotopic (exact) mass is 386 g/mol. The van der Waals surface area contributed by atoms with Crippen molar-refractivity contribution in [1.29, 1.82) is 0 Å². The molecule has 0 aliphatic heterocycles. The minimum absolute atomic E-state index is 0.213. The molecule has 150 valence electrons. The van der Waals surface area contributed by atoms with E-state index in [1.807, 2.05) is 43.3 Å². The molecule has 0 amide bonds. The lowest BCUT2D eigenvalue weighted by molar-refractivity contribution is 0.252. The van der Waals surface area contributed by atoms with Crippen LogP contribution >= 0.6 is 0 Å². The van der Waals surface area contributed by atoms with Crippen molar-refractivity contribution in [3.8, 4) is 23.7 Å². The SMILES string of the molecule is CC#Cc1ccc(C#Cc2ccc(CCC3CCC(CCC)CC3)cc2F)cc1. The molecule has 0 N–H and O–H groups in total. The summed E-state index contributed by atoms with van der Waals surface area (Å²) in [6.45, 7) is 4.10. The number of hydrogen-bond acceptors (Lipinski definition) is 0. The second-order valence-corrected chi connectivity index (χ2v) is 8.23. The van der Waals surface area contributed by atoms with Gasteiger partial charge in [0.2, 0.25) is 0 Å². The minimum Gasteiger partial charge on any atom is -0.206 e. The van der Waals surface area contributed by atoms with E-state index in [-0.39, 0.29) is 5.82 Å². The number of aryl methyl sites for hydroxylation is 1. The highest BCUT2D eigenvalue weighted by Crippen LogP contribution is 2.33. The maximum Gasteiger partial charge on any atom is 0.139 e. The zero-order chi connectivity index (χ0) is 20.5. The highest BCUT2D eigenvalue weighted by Gasteiger charge is 2.20. The van der Waals surface area contributed by atoms with E-state index in [4.69, 9.17) is 0 Å². The number of rotatable bonds is 5. The first-order valence-electron chi connectivity index (χ1n) is 11.0. The van der Waals surface area contributed by atoms with Gasteiger partial charge in [-0.05, 0) is 73.6 Å². The lowest BCUT2D eigenvalue weighted by Crippen LogP contribution is -2.15. The van der Waals surface area contributed by atoms with Crippen LogP contribution in [0.4, 0.5) is 4.39 Å². The maximum absolute atomic E-state index is 14.5. The Morgan fingerprint density at radius 3 is 2.03 bits per heavy atom. The van der Waals surface area contributed by atoms with Crippen LogP contribution in [0.15, 0.2) is 42.5 Å². The summed E-state index contributed by atoms with van der Waals surface area (Å²) in [6.07, 6.45) is 10.3. The molecule has 0 nitrogen and oxygen atoms in total. The van der Waals surface area contributed by atoms with E-state index in [1.54, 1.807) is 6.07 Å². The highest BCUT2D eigenvalue weighted by molar-refractivity contribution is 5.46. The van der Waals surface area contributed by atoms with Crippen LogP contribution < -0.4 is 0 Å². The molecule has 3 rings (SSSR count). The van der Waals surface area contributed by atoms with E-state index >= 15 is 0 Å². The third-order valence-electron chi connectivity index (χ3n) is 6.03. The lowest BCUT2D eigenvalue weighted by atomic mass is 9.78. The molecule has 1 heteroatoms. The Morgan fingerprint density at radius 1 is 0.828 bits per heavy atom. The predicted molar refractivity (Wildman–Crippen MR) is 120 cm³/mol. The van der Waals surface area contributed by atoms with Gasteiger partial charge in [0.25, 0.3) is 0 Å². The van der Waals surface area contributed by atoms with Gasteiger partial charge in [-0.1, -0.05) is 69.3 Å². The standard InChI is InChI=1S/C28H31F/c1-3-5-22-7-11-24(12-8-22)15-16-26-18-20-27(28(29)21-26)19-17-25-13-9-23(6-4-2)10-14-25/h9-10,13-14,18,20-22,24H,3,5,7-8,11-12,15-16H2,1-2H3. The van der Waals surface area contributed by atoms with Gasteiger partial charge in [-0.25, -0.2) is 4.39 Å². The molecule has 1 aliphatic carbocycles. The van der Waals surface area contributed by atoms with Crippen molar-refractivity contribution in [2.75, 3.05) is 0 Å². The van der Waals surface area contributed by atoms with Crippen molar-refractivity contribution in [2.45, 2.75) is 65.2 Å². The quantitative estimate of drug-likeness (QED) is 0.479. The lowest BCUT2D eigenvalue weighted by Gasteiger charge is -2.28. The normalized spacial score (nSPS) is 18.3. The molecule has 2 aromatic rings. The van der Waals surface area contributed by atoms with E-state index in [0.29, 0.717) is 5.56 Å². The molecular weight excluding hydrogens is 355 g/mol. The Hall–Kier alpha value is -2.51. The molecular formula is C28H31F. The van der Waals surface area contributed by atoms with Crippen LogP contribution in [-0.2, 0) is 6.42 Å². The second-order valence-electron chi connectivity index (χ2n) is 8.23. The van der Waals surface area contributed by atoms with E-state index in [1.165, 1.54) is 44.9 Å². The minimum atomic E-state index is -0.213. The molecule has 0 spiro atoms. The van der Waals surface area contributed by atoms with Gasteiger partial charge in [-0.2, -0.15) is 0 Å². The third kappa shape index (κ3) is 6.51. The van der Waals surface area contributed by atoms with Gasteiger partial charge in [0.05, 0.1) is 5.56 Å². The first-order valence-corrected chi connectivity index (χ1v) is 11.0. The van der Waals surface area contributed by atoms with Crippen LogP contribution in [0.2, 0.25) is 0 Å². The van der Waals surface area contributed by atoms with E-state index in [9.17, 15) is 4.39 Å². The number of hydrogen-bond donors (Lipinski definition) is 0. The molecule has 29 heavy (non-hydrogen) atoms. The molecule has 0 radical (unpaired) electrons. The maximum atomic E-state index is 14.5. The van der Waals surface area contributed by atoms with Crippen LogP contribution in [0.3, 0.4) is 0 Å². The molecule has 2 aromatic carbocycles. The summed E-state index contributed by atoms with van der Waals surface area (Å²) >= 11 is 0. The third-order valence-corrected chi connectivity index (χ3v) is 6.03. The molecule has 0 saturated heterocycles. The van der Waals surface area contributed by atoms with Crippen LogP contribution in [0.5, 0.6) is 0 Å². The topological polar surface area (TPSA) is 0 Å². The molecule has 1 fully saturated rings. The van der Waals surface area contributed by atoms with Crippen molar-refractivity contribution in [3.05, 3.63) is 70.5 Å². The first kappa shape index (κ1) is 21.2. The molecule has 1 saturated carbocycles.